The van der Waals surface area contributed by atoms with E-state index in [0.717, 1.165) is 49.9 Å². The third-order valence-corrected chi connectivity index (χ3v) is 6.75. The van der Waals surface area contributed by atoms with Crippen molar-refractivity contribution in [2.24, 2.45) is 11.8 Å². The predicted molar refractivity (Wildman–Crippen MR) is 110 cm³/mol. The Kier molecular flexibility index (Phi) is 4.44. The predicted octanol–water partition coefficient (Wildman–Crippen LogP) is 3.38. The molecular formula is C23H28N4O. The summed E-state index contributed by atoms with van der Waals surface area (Å²) in [7, 11) is 0. The standard InChI is InChI=1S/C23H28N4O/c1-16(18-7-8-21-22(9-18)25-26-24-21)13-27-14-19-11-23(28,12-20(19)15-27)10-17-5-3-2-4-6-17/h2-9,16,19-20,28H,10-15H2,1H3,(H,24,25,26)/t16?,19-,20+,23?. The summed E-state index contributed by atoms with van der Waals surface area (Å²) in [5.74, 6) is 1.71. The molecule has 5 heteroatoms. The van der Waals surface area contributed by atoms with E-state index in [1.165, 1.54) is 11.1 Å². The molecule has 2 aromatic carbocycles. The number of hydrogen-bond acceptors (Lipinski definition) is 4. The Bertz CT molecular complexity index is 939. The molecule has 2 aliphatic rings. The molecular weight excluding hydrogens is 348 g/mol. The summed E-state index contributed by atoms with van der Waals surface area (Å²) in [6.07, 6.45) is 2.65. The largest absolute Gasteiger partial charge is 0.390 e. The first-order valence-corrected chi connectivity index (χ1v) is 10.4. The van der Waals surface area contributed by atoms with Gasteiger partial charge in [-0.3, -0.25) is 0 Å². The zero-order valence-corrected chi connectivity index (χ0v) is 16.4. The number of H-pyrrole nitrogens is 1. The maximum Gasteiger partial charge on any atom is 0.113 e. The number of rotatable bonds is 5. The minimum atomic E-state index is -0.521. The molecule has 3 aromatic rings. The van der Waals surface area contributed by atoms with Crippen LogP contribution in [0.2, 0.25) is 0 Å². The molecule has 146 valence electrons. The molecule has 1 aliphatic heterocycles. The first-order chi connectivity index (χ1) is 13.6. The Hall–Kier alpha value is -2.24. The van der Waals surface area contributed by atoms with E-state index >= 15 is 0 Å². The fraction of sp³-hybridized carbons (Fsp3) is 0.478. The number of benzene rings is 2. The molecule has 0 radical (unpaired) electrons. The Morgan fingerprint density at radius 3 is 2.54 bits per heavy atom. The van der Waals surface area contributed by atoms with Gasteiger partial charge in [-0.1, -0.05) is 43.3 Å². The molecule has 2 N–H and O–H groups in total. The van der Waals surface area contributed by atoms with Gasteiger partial charge in [0.25, 0.3) is 0 Å². The molecule has 2 heterocycles. The van der Waals surface area contributed by atoms with E-state index in [9.17, 15) is 5.11 Å². The summed E-state index contributed by atoms with van der Waals surface area (Å²) in [5.41, 5.74) is 3.91. The Labute approximate surface area is 165 Å². The summed E-state index contributed by atoms with van der Waals surface area (Å²) >= 11 is 0. The van der Waals surface area contributed by atoms with Gasteiger partial charge < -0.3 is 10.0 Å². The second kappa shape index (κ2) is 6.98. The molecule has 5 rings (SSSR count). The molecule has 0 amide bonds. The number of aromatic nitrogens is 3. The van der Waals surface area contributed by atoms with E-state index in [2.05, 4.69) is 63.6 Å². The van der Waals surface area contributed by atoms with Gasteiger partial charge in [-0.15, -0.1) is 0 Å². The van der Waals surface area contributed by atoms with E-state index in [4.69, 9.17) is 0 Å². The van der Waals surface area contributed by atoms with Crippen molar-refractivity contribution in [3.05, 3.63) is 59.7 Å². The van der Waals surface area contributed by atoms with Gasteiger partial charge in [0.1, 0.15) is 11.0 Å². The van der Waals surface area contributed by atoms with Crippen molar-refractivity contribution in [3.8, 4) is 0 Å². The summed E-state index contributed by atoms with van der Waals surface area (Å²) in [6.45, 7) is 5.57. The maximum atomic E-state index is 11.1. The van der Waals surface area contributed by atoms with Crippen LogP contribution in [0.1, 0.15) is 36.8 Å². The highest BCUT2D eigenvalue weighted by atomic mass is 16.3. The van der Waals surface area contributed by atoms with Gasteiger partial charge in [-0.25, -0.2) is 0 Å². The average Bonchev–Trinajstić information content (AvgIpc) is 3.35. The second-order valence-corrected chi connectivity index (χ2v) is 9.01. The molecule has 1 saturated heterocycles. The van der Waals surface area contributed by atoms with E-state index in [1.807, 2.05) is 12.1 Å². The van der Waals surface area contributed by atoms with Gasteiger partial charge in [0.15, 0.2) is 0 Å². The van der Waals surface area contributed by atoms with Crippen molar-refractivity contribution in [2.45, 2.75) is 37.7 Å². The average molecular weight is 377 g/mol. The van der Waals surface area contributed by atoms with Crippen LogP contribution in [-0.2, 0) is 6.42 Å². The molecule has 2 unspecified atom stereocenters. The number of hydrogen-bond donors (Lipinski definition) is 2. The lowest BCUT2D eigenvalue weighted by atomic mass is 9.91. The maximum absolute atomic E-state index is 11.1. The highest BCUT2D eigenvalue weighted by molar-refractivity contribution is 5.74. The quantitative estimate of drug-likeness (QED) is 0.716. The van der Waals surface area contributed by atoms with Crippen molar-refractivity contribution in [1.29, 1.82) is 0 Å². The molecule has 4 atom stereocenters. The molecule has 2 fully saturated rings. The minimum absolute atomic E-state index is 0.461. The van der Waals surface area contributed by atoms with Gasteiger partial charge in [-0.2, -0.15) is 15.4 Å². The Morgan fingerprint density at radius 1 is 1.07 bits per heavy atom. The van der Waals surface area contributed by atoms with Gasteiger partial charge >= 0.3 is 0 Å². The third-order valence-electron chi connectivity index (χ3n) is 6.75. The topological polar surface area (TPSA) is 65.0 Å². The van der Waals surface area contributed by atoms with Crippen LogP contribution in [0, 0.1) is 11.8 Å². The number of aliphatic hydroxyl groups is 1. The number of nitrogens with zero attached hydrogens (tertiary/aromatic N) is 3. The SMILES string of the molecule is CC(CN1C[C@@H]2CC(O)(Cc3ccccc3)C[C@@H]2C1)c1ccc2n[nH]nc2c1. The second-order valence-electron chi connectivity index (χ2n) is 9.01. The van der Waals surface area contributed by atoms with Crippen molar-refractivity contribution >= 4 is 11.0 Å². The number of likely N-dealkylation sites (tertiary alicyclic amines) is 1. The van der Waals surface area contributed by atoms with Gasteiger partial charge in [0.2, 0.25) is 0 Å². The zero-order valence-electron chi connectivity index (χ0n) is 16.4. The molecule has 1 saturated carbocycles. The smallest absolute Gasteiger partial charge is 0.113 e. The van der Waals surface area contributed by atoms with Crippen LogP contribution in [0.4, 0.5) is 0 Å². The van der Waals surface area contributed by atoms with Crippen LogP contribution in [-0.4, -0.2) is 50.7 Å². The van der Waals surface area contributed by atoms with Crippen molar-refractivity contribution in [1.82, 2.24) is 20.3 Å². The van der Waals surface area contributed by atoms with Crippen LogP contribution in [0.5, 0.6) is 0 Å². The molecule has 5 nitrogen and oxygen atoms in total. The fourth-order valence-electron chi connectivity index (χ4n) is 5.48. The van der Waals surface area contributed by atoms with Crippen LogP contribution < -0.4 is 0 Å². The zero-order chi connectivity index (χ0) is 19.1. The van der Waals surface area contributed by atoms with Crippen LogP contribution in [0.15, 0.2) is 48.5 Å². The summed E-state index contributed by atoms with van der Waals surface area (Å²) < 4.78 is 0. The first kappa shape index (κ1) is 17.8. The highest BCUT2D eigenvalue weighted by Crippen LogP contribution is 2.45. The highest BCUT2D eigenvalue weighted by Gasteiger charge is 2.48. The summed E-state index contributed by atoms with van der Waals surface area (Å²) in [6, 6.07) is 16.8. The van der Waals surface area contributed by atoms with Gasteiger partial charge in [0, 0.05) is 26.1 Å². The van der Waals surface area contributed by atoms with E-state index in [0.29, 0.717) is 17.8 Å². The van der Waals surface area contributed by atoms with Gasteiger partial charge in [-0.05, 0) is 53.9 Å². The van der Waals surface area contributed by atoms with E-state index in [1.54, 1.807) is 0 Å². The van der Waals surface area contributed by atoms with Crippen LogP contribution >= 0.6 is 0 Å². The van der Waals surface area contributed by atoms with E-state index < -0.39 is 5.60 Å². The van der Waals surface area contributed by atoms with Crippen LogP contribution in [0.3, 0.4) is 0 Å². The lowest BCUT2D eigenvalue weighted by Gasteiger charge is -2.27. The molecule has 1 aromatic heterocycles. The van der Waals surface area contributed by atoms with Crippen molar-refractivity contribution in [2.75, 3.05) is 19.6 Å². The third kappa shape index (κ3) is 3.45. The fourth-order valence-corrected chi connectivity index (χ4v) is 5.48. The molecule has 28 heavy (non-hydrogen) atoms. The summed E-state index contributed by atoms with van der Waals surface area (Å²) in [5, 5.41) is 22.2. The lowest BCUT2D eigenvalue weighted by Crippen LogP contribution is -2.33. The summed E-state index contributed by atoms with van der Waals surface area (Å²) in [4.78, 5) is 2.59. The lowest BCUT2D eigenvalue weighted by molar-refractivity contribution is 0.0353. The number of fused-ring (bicyclic) bond motifs is 2. The normalized spacial score (nSPS) is 28.6. The number of nitrogens with one attached hydrogen (secondary N) is 1. The first-order valence-electron chi connectivity index (χ1n) is 10.4. The minimum Gasteiger partial charge on any atom is -0.390 e. The Balaban J connectivity index is 1.19. The van der Waals surface area contributed by atoms with Gasteiger partial charge in [0.05, 0.1) is 5.60 Å². The monoisotopic (exact) mass is 376 g/mol. The van der Waals surface area contributed by atoms with Crippen molar-refractivity contribution in [3.63, 3.8) is 0 Å². The molecule has 0 spiro atoms. The van der Waals surface area contributed by atoms with Crippen LogP contribution in [0.25, 0.3) is 11.0 Å². The molecule has 0 bridgehead atoms. The Morgan fingerprint density at radius 2 is 1.79 bits per heavy atom. The van der Waals surface area contributed by atoms with E-state index in [-0.39, 0.29) is 0 Å². The number of aromatic amines is 1. The molecule has 1 aliphatic carbocycles. The van der Waals surface area contributed by atoms with Crippen molar-refractivity contribution < 1.29 is 5.11 Å².